The first kappa shape index (κ1) is 20.0. The number of amides is 3. The highest BCUT2D eigenvalue weighted by molar-refractivity contribution is 5.95. The minimum Gasteiger partial charge on any atom is -0.333 e. The maximum atomic E-state index is 12.7. The van der Waals surface area contributed by atoms with Crippen LogP contribution in [-0.2, 0) is 11.0 Å². The van der Waals surface area contributed by atoms with Gasteiger partial charge >= 0.3 is 12.2 Å². The highest BCUT2D eigenvalue weighted by atomic mass is 19.4. The summed E-state index contributed by atoms with van der Waals surface area (Å²) in [7, 11) is 0. The molecule has 0 saturated carbocycles. The SMILES string of the molecule is C[C@H](NCC(=O)NC(=O)NC(C)(C)C)c1cccc(C(F)(F)F)c1. The molecule has 0 aliphatic carbocycles. The third kappa shape index (κ3) is 6.99. The summed E-state index contributed by atoms with van der Waals surface area (Å²) < 4.78 is 38.1. The fourth-order valence-electron chi connectivity index (χ4n) is 1.89. The van der Waals surface area contributed by atoms with Gasteiger partial charge in [-0.3, -0.25) is 10.1 Å². The summed E-state index contributed by atoms with van der Waals surface area (Å²) in [5.74, 6) is -0.574. The second-order valence-corrected chi connectivity index (χ2v) is 6.48. The summed E-state index contributed by atoms with van der Waals surface area (Å²) in [6.07, 6.45) is -4.42. The summed E-state index contributed by atoms with van der Waals surface area (Å²) in [5, 5.41) is 7.50. The lowest BCUT2D eigenvalue weighted by Gasteiger charge is -2.20. The first-order chi connectivity index (χ1) is 10.9. The lowest BCUT2D eigenvalue weighted by Crippen LogP contribution is -2.50. The molecule has 0 aliphatic heterocycles. The average molecular weight is 345 g/mol. The van der Waals surface area contributed by atoms with Crippen LogP contribution in [0.1, 0.15) is 44.9 Å². The van der Waals surface area contributed by atoms with Crippen molar-refractivity contribution in [3.8, 4) is 0 Å². The van der Waals surface area contributed by atoms with E-state index in [0.717, 1.165) is 12.1 Å². The van der Waals surface area contributed by atoms with Crippen molar-refractivity contribution in [3.63, 3.8) is 0 Å². The van der Waals surface area contributed by atoms with Crippen LogP contribution in [0.3, 0.4) is 0 Å². The van der Waals surface area contributed by atoms with E-state index < -0.39 is 35.3 Å². The molecule has 0 saturated heterocycles. The second-order valence-electron chi connectivity index (χ2n) is 6.48. The molecule has 0 bridgehead atoms. The quantitative estimate of drug-likeness (QED) is 0.786. The van der Waals surface area contributed by atoms with E-state index in [0.29, 0.717) is 5.56 Å². The van der Waals surface area contributed by atoms with Gasteiger partial charge in [0, 0.05) is 11.6 Å². The zero-order chi connectivity index (χ0) is 18.5. The Balaban J connectivity index is 2.56. The Kier molecular flexibility index (Phi) is 6.36. The zero-order valence-electron chi connectivity index (χ0n) is 14.0. The predicted octanol–water partition coefficient (Wildman–Crippen LogP) is 2.98. The van der Waals surface area contributed by atoms with Crippen LogP contribution in [-0.4, -0.2) is 24.0 Å². The van der Waals surface area contributed by atoms with Gasteiger partial charge in [0.15, 0.2) is 0 Å². The predicted molar refractivity (Wildman–Crippen MR) is 84.3 cm³/mol. The van der Waals surface area contributed by atoms with Gasteiger partial charge in [-0.05, 0) is 45.4 Å². The van der Waals surface area contributed by atoms with Gasteiger partial charge in [-0.15, -0.1) is 0 Å². The maximum absolute atomic E-state index is 12.7. The van der Waals surface area contributed by atoms with E-state index in [1.807, 2.05) is 0 Å². The summed E-state index contributed by atoms with van der Waals surface area (Å²) >= 11 is 0. The number of carbonyl (C=O) groups excluding carboxylic acids is 2. The number of imide groups is 1. The van der Waals surface area contributed by atoms with E-state index in [1.54, 1.807) is 27.7 Å². The maximum Gasteiger partial charge on any atom is 0.416 e. The molecular weight excluding hydrogens is 323 g/mol. The number of hydrogen-bond acceptors (Lipinski definition) is 3. The van der Waals surface area contributed by atoms with Crippen molar-refractivity contribution in [1.29, 1.82) is 0 Å². The largest absolute Gasteiger partial charge is 0.416 e. The van der Waals surface area contributed by atoms with Crippen molar-refractivity contribution in [1.82, 2.24) is 16.0 Å². The molecule has 1 atom stereocenters. The van der Waals surface area contributed by atoms with E-state index in [2.05, 4.69) is 16.0 Å². The molecule has 24 heavy (non-hydrogen) atoms. The van der Waals surface area contributed by atoms with Crippen LogP contribution in [0, 0.1) is 0 Å². The summed E-state index contributed by atoms with van der Waals surface area (Å²) in [6.45, 7) is 6.74. The molecule has 5 nitrogen and oxygen atoms in total. The molecule has 0 fully saturated rings. The molecule has 3 N–H and O–H groups in total. The number of alkyl halides is 3. The molecule has 0 spiro atoms. The van der Waals surface area contributed by atoms with E-state index in [9.17, 15) is 22.8 Å². The van der Waals surface area contributed by atoms with Gasteiger partial charge in [0.1, 0.15) is 0 Å². The fourth-order valence-corrected chi connectivity index (χ4v) is 1.89. The lowest BCUT2D eigenvalue weighted by molar-refractivity contribution is -0.137. The van der Waals surface area contributed by atoms with Crippen LogP contribution in [0.5, 0.6) is 0 Å². The minimum absolute atomic E-state index is 0.199. The van der Waals surface area contributed by atoms with Gasteiger partial charge in [-0.1, -0.05) is 12.1 Å². The molecule has 8 heteroatoms. The van der Waals surface area contributed by atoms with Crippen LogP contribution in [0.4, 0.5) is 18.0 Å². The molecule has 1 rings (SSSR count). The first-order valence-electron chi connectivity index (χ1n) is 7.41. The Hall–Kier alpha value is -2.09. The molecule has 0 aromatic heterocycles. The van der Waals surface area contributed by atoms with Gasteiger partial charge in [-0.25, -0.2) is 4.79 Å². The summed E-state index contributed by atoms with van der Waals surface area (Å²) in [4.78, 5) is 23.2. The topological polar surface area (TPSA) is 70.2 Å². The lowest BCUT2D eigenvalue weighted by atomic mass is 10.0. The van der Waals surface area contributed by atoms with E-state index in [-0.39, 0.29) is 6.54 Å². The van der Waals surface area contributed by atoms with Crippen LogP contribution in [0.25, 0.3) is 0 Å². The Morgan fingerprint density at radius 3 is 2.33 bits per heavy atom. The van der Waals surface area contributed by atoms with Crippen LogP contribution >= 0.6 is 0 Å². The monoisotopic (exact) mass is 345 g/mol. The molecule has 134 valence electrons. The molecule has 3 amide bonds. The zero-order valence-corrected chi connectivity index (χ0v) is 14.0. The number of carbonyl (C=O) groups is 2. The Labute approximate surface area is 139 Å². The number of rotatable bonds is 4. The van der Waals surface area contributed by atoms with E-state index >= 15 is 0 Å². The third-order valence-electron chi connectivity index (χ3n) is 3.02. The summed E-state index contributed by atoms with van der Waals surface area (Å²) in [6, 6.07) is 3.76. The van der Waals surface area contributed by atoms with Crippen molar-refractivity contribution in [3.05, 3.63) is 35.4 Å². The molecule has 0 radical (unpaired) electrons. The summed E-state index contributed by atoms with van der Waals surface area (Å²) in [5.41, 5.74) is -0.831. The Morgan fingerprint density at radius 2 is 1.79 bits per heavy atom. The fraction of sp³-hybridized carbons (Fsp3) is 0.500. The van der Waals surface area contributed by atoms with E-state index in [4.69, 9.17) is 0 Å². The normalized spacial score (nSPS) is 13.3. The van der Waals surface area contributed by atoms with Gasteiger partial charge in [0.25, 0.3) is 0 Å². The highest BCUT2D eigenvalue weighted by Gasteiger charge is 2.30. The molecule has 1 aromatic rings. The van der Waals surface area contributed by atoms with Gasteiger partial charge in [0.2, 0.25) is 5.91 Å². The number of halogens is 3. The molecular formula is C16H22F3N3O2. The van der Waals surface area contributed by atoms with E-state index in [1.165, 1.54) is 12.1 Å². The number of urea groups is 1. The van der Waals surface area contributed by atoms with Crippen molar-refractivity contribution < 1.29 is 22.8 Å². The van der Waals surface area contributed by atoms with Crippen LogP contribution in [0.2, 0.25) is 0 Å². The van der Waals surface area contributed by atoms with Crippen LogP contribution < -0.4 is 16.0 Å². The third-order valence-corrected chi connectivity index (χ3v) is 3.02. The second kappa shape index (κ2) is 7.65. The van der Waals surface area contributed by atoms with Crippen molar-refractivity contribution >= 4 is 11.9 Å². The Morgan fingerprint density at radius 1 is 1.17 bits per heavy atom. The average Bonchev–Trinajstić information content (AvgIpc) is 2.41. The van der Waals surface area contributed by atoms with Crippen molar-refractivity contribution in [2.24, 2.45) is 0 Å². The standard InChI is InChI=1S/C16H22F3N3O2/c1-10(11-6-5-7-12(8-11)16(17,18)19)20-9-13(23)21-14(24)22-15(2,3)4/h5-8,10,20H,9H2,1-4H3,(H2,21,22,23,24)/t10-/m0/s1. The molecule has 0 heterocycles. The van der Waals surface area contributed by atoms with Gasteiger partial charge in [-0.2, -0.15) is 13.2 Å². The molecule has 0 unspecified atom stereocenters. The molecule has 0 aliphatic rings. The van der Waals surface area contributed by atoms with Crippen molar-refractivity contribution in [2.75, 3.05) is 6.54 Å². The van der Waals surface area contributed by atoms with Crippen LogP contribution in [0.15, 0.2) is 24.3 Å². The smallest absolute Gasteiger partial charge is 0.333 e. The Bertz CT molecular complexity index is 595. The minimum atomic E-state index is -4.42. The van der Waals surface area contributed by atoms with Gasteiger partial charge in [0.05, 0.1) is 12.1 Å². The highest BCUT2D eigenvalue weighted by Crippen LogP contribution is 2.30. The first-order valence-corrected chi connectivity index (χ1v) is 7.41. The van der Waals surface area contributed by atoms with Gasteiger partial charge < -0.3 is 10.6 Å². The number of nitrogens with one attached hydrogen (secondary N) is 3. The number of benzene rings is 1. The number of hydrogen-bond donors (Lipinski definition) is 3. The molecule has 1 aromatic carbocycles. The van der Waals surface area contributed by atoms with Crippen molar-refractivity contribution in [2.45, 2.75) is 45.5 Å².